The third-order valence-corrected chi connectivity index (χ3v) is 2.90. The summed E-state index contributed by atoms with van der Waals surface area (Å²) >= 11 is 5.43. The molecule has 1 aromatic carbocycles. The number of nitrogens with zero attached hydrogens (tertiary/aromatic N) is 1. The Hall–Kier alpha value is -2.54. The van der Waals surface area contributed by atoms with E-state index in [-0.39, 0.29) is 11.7 Å². The molecule has 0 unspecified atom stereocenters. The molecule has 0 saturated carbocycles. The van der Waals surface area contributed by atoms with Crippen molar-refractivity contribution < 1.29 is 9.53 Å². The second kappa shape index (κ2) is 6.27. The molecule has 0 fully saturated rings. The quantitative estimate of drug-likeness (QED) is 0.814. The van der Waals surface area contributed by atoms with E-state index in [4.69, 9.17) is 16.3 Å². The molecule has 2 aromatic rings. The normalized spacial score (nSPS) is 10.2. The van der Waals surface area contributed by atoms with E-state index in [1.54, 1.807) is 24.3 Å². The first-order valence-electron chi connectivity index (χ1n) is 5.92. The molecule has 1 amide bonds. The Balaban J connectivity index is 2.70. The summed E-state index contributed by atoms with van der Waals surface area (Å²) in [6.07, 6.45) is 0. The summed E-state index contributed by atoms with van der Waals surface area (Å²) in [5, 5.41) is 2.41. The minimum Gasteiger partial charge on any atom is -0.495 e. The second-order valence-corrected chi connectivity index (χ2v) is 4.28. The van der Waals surface area contributed by atoms with Gasteiger partial charge in [-0.2, -0.15) is 0 Å². The number of halogens is 1. The first kappa shape index (κ1) is 14.9. The first-order chi connectivity index (χ1) is 10.1. The molecule has 0 saturated heterocycles. The molecule has 21 heavy (non-hydrogen) atoms. The van der Waals surface area contributed by atoms with Crippen molar-refractivity contribution in [1.29, 1.82) is 0 Å². The van der Waals surface area contributed by atoms with E-state index in [1.165, 1.54) is 7.11 Å². The lowest BCUT2D eigenvalue weighted by atomic mass is 10.3. The maximum Gasteiger partial charge on any atom is 0.334 e. The van der Waals surface area contributed by atoms with Crippen molar-refractivity contribution in [2.45, 2.75) is 0 Å². The zero-order chi connectivity index (χ0) is 15.4. The number of hydrogen-bond acceptors (Lipinski definition) is 4. The number of H-pyrrole nitrogens is 1. The summed E-state index contributed by atoms with van der Waals surface area (Å²) in [6, 6.07) is 7.80. The molecular formula is C13H12ClN3O4. The predicted molar refractivity (Wildman–Crippen MR) is 78.6 cm³/mol. The Morgan fingerprint density at radius 2 is 2.10 bits per heavy atom. The third kappa shape index (κ3) is 3.14. The summed E-state index contributed by atoms with van der Waals surface area (Å²) in [4.78, 5) is 37.1. The Morgan fingerprint density at radius 3 is 2.76 bits per heavy atom. The minimum absolute atomic E-state index is 0.0129. The van der Waals surface area contributed by atoms with Crippen molar-refractivity contribution in [3.8, 4) is 11.4 Å². The molecule has 1 heterocycles. The monoisotopic (exact) mass is 309 g/mol. The van der Waals surface area contributed by atoms with Crippen molar-refractivity contribution >= 4 is 23.3 Å². The third-order valence-electron chi connectivity index (χ3n) is 2.66. The molecule has 0 aliphatic rings. The molecule has 2 rings (SSSR count). The summed E-state index contributed by atoms with van der Waals surface area (Å²) in [5.41, 5.74) is -0.945. The highest BCUT2D eigenvalue weighted by Gasteiger charge is 2.14. The molecule has 7 nitrogen and oxygen atoms in total. The van der Waals surface area contributed by atoms with Gasteiger partial charge in [0.15, 0.2) is 0 Å². The molecule has 0 atom stereocenters. The molecule has 0 bridgehead atoms. The molecule has 0 aliphatic heterocycles. The number of para-hydroxylation sites is 2. The Bertz CT molecular complexity index is 781. The number of nitrogens with one attached hydrogen (secondary N) is 2. The number of amides is 1. The van der Waals surface area contributed by atoms with Crippen molar-refractivity contribution in [2.24, 2.45) is 0 Å². The summed E-state index contributed by atoms with van der Waals surface area (Å²) in [6.45, 7) is 0. The number of hydrogen-bond donors (Lipinski definition) is 2. The van der Waals surface area contributed by atoms with Gasteiger partial charge in [0.2, 0.25) is 5.91 Å². The van der Waals surface area contributed by atoms with Gasteiger partial charge in [0, 0.05) is 6.07 Å². The van der Waals surface area contributed by atoms with Crippen molar-refractivity contribution in [3.63, 3.8) is 0 Å². The van der Waals surface area contributed by atoms with E-state index in [0.717, 1.165) is 10.6 Å². The number of aromatic nitrogens is 2. The topological polar surface area (TPSA) is 93.2 Å². The summed E-state index contributed by atoms with van der Waals surface area (Å²) in [5.74, 6) is -0.412. The van der Waals surface area contributed by atoms with Crippen LogP contribution >= 0.6 is 11.6 Å². The number of alkyl halides is 1. The van der Waals surface area contributed by atoms with Gasteiger partial charge in [0.05, 0.1) is 12.8 Å². The van der Waals surface area contributed by atoms with Gasteiger partial charge in [0.25, 0.3) is 5.56 Å². The van der Waals surface area contributed by atoms with Gasteiger partial charge >= 0.3 is 5.69 Å². The summed E-state index contributed by atoms with van der Waals surface area (Å²) in [7, 11) is 1.45. The lowest BCUT2D eigenvalue weighted by Crippen LogP contribution is -2.32. The molecule has 8 heteroatoms. The van der Waals surface area contributed by atoms with Crippen LogP contribution in [0.2, 0.25) is 0 Å². The number of benzene rings is 1. The highest BCUT2D eigenvalue weighted by Crippen LogP contribution is 2.23. The highest BCUT2D eigenvalue weighted by molar-refractivity contribution is 6.29. The standard InChI is InChI=1S/C13H12ClN3O4/c1-21-9-5-3-2-4-8(9)17-10(15-12(19)7-14)6-11(18)16-13(17)20/h2-6H,7H2,1H3,(H,15,19)(H,16,18,20). The number of rotatable bonds is 4. The highest BCUT2D eigenvalue weighted by atomic mass is 35.5. The van der Waals surface area contributed by atoms with Gasteiger partial charge in [-0.1, -0.05) is 12.1 Å². The Kier molecular flexibility index (Phi) is 4.44. The first-order valence-corrected chi connectivity index (χ1v) is 6.46. The molecule has 2 N–H and O–H groups in total. The van der Waals surface area contributed by atoms with Gasteiger partial charge in [0.1, 0.15) is 17.4 Å². The SMILES string of the molecule is COc1ccccc1-n1c(NC(=O)CCl)cc(=O)[nH]c1=O. The maximum absolute atomic E-state index is 12.1. The largest absolute Gasteiger partial charge is 0.495 e. The van der Waals surface area contributed by atoms with E-state index in [0.29, 0.717) is 11.4 Å². The molecule has 0 radical (unpaired) electrons. The molecular weight excluding hydrogens is 298 g/mol. The van der Waals surface area contributed by atoms with Crippen LogP contribution in [0.25, 0.3) is 5.69 Å². The van der Waals surface area contributed by atoms with Crippen molar-refractivity contribution in [2.75, 3.05) is 18.3 Å². The van der Waals surface area contributed by atoms with Crippen LogP contribution in [-0.2, 0) is 4.79 Å². The number of carbonyl (C=O) groups is 1. The predicted octanol–water partition coefficient (Wildman–Crippen LogP) is 0.712. The Morgan fingerprint density at radius 1 is 1.38 bits per heavy atom. The van der Waals surface area contributed by atoms with Crippen LogP contribution in [0.5, 0.6) is 5.75 Å². The zero-order valence-electron chi connectivity index (χ0n) is 11.1. The number of methoxy groups -OCH3 is 1. The van der Waals surface area contributed by atoms with Gasteiger partial charge in [-0.25, -0.2) is 9.36 Å². The van der Waals surface area contributed by atoms with Crippen molar-refractivity contribution in [3.05, 3.63) is 51.2 Å². The fourth-order valence-electron chi connectivity index (χ4n) is 1.82. The van der Waals surface area contributed by atoms with Crippen LogP contribution in [-0.4, -0.2) is 28.4 Å². The summed E-state index contributed by atoms with van der Waals surface area (Å²) < 4.78 is 6.31. The molecule has 1 aromatic heterocycles. The molecule has 0 aliphatic carbocycles. The fraction of sp³-hybridized carbons (Fsp3) is 0.154. The van der Waals surface area contributed by atoms with E-state index < -0.39 is 17.2 Å². The lowest BCUT2D eigenvalue weighted by molar-refractivity contribution is -0.114. The number of carbonyl (C=O) groups excluding carboxylic acids is 1. The average molecular weight is 310 g/mol. The van der Waals surface area contributed by atoms with Crippen LogP contribution < -0.4 is 21.3 Å². The number of anilines is 1. The van der Waals surface area contributed by atoms with Crippen LogP contribution in [0.4, 0.5) is 5.82 Å². The van der Waals surface area contributed by atoms with Gasteiger partial charge in [-0.15, -0.1) is 11.6 Å². The second-order valence-electron chi connectivity index (χ2n) is 4.01. The zero-order valence-corrected chi connectivity index (χ0v) is 11.8. The van der Waals surface area contributed by atoms with E-state index >= 15 is 0 Å². The van der Waals surface area contributed by atoms with Gasteiger partial charge in [-0.3, -0.25) is 14.6 Å². The van der Waals surface area contributed by atoms with E-state index in [1.807, 2.05) is 0 Å². The van der Waals surface area contributed by atoms with Crippen LogP contribution in [0.3, 0.4) is 0 Å². The van der Waals surface area contributed by atoms with Gasteiger partial charge in [-0.05, 0) is 12.1 Å². The molecule has 0 spiro atoms. The lowest BCUT2D eigenvalue weighted by Gasteiger charge is -2.14. The van der Waals surface area contributed by atoms with Crippen LogP contribution in [0.1, 0.15) is 0 Å². The fourth-order valence-corrected chi connectivity index (χ4v) is 1.88. The van der Waals surface area contributed by atoms with E-state index in [9.17, 15) is 14.4 Å². The number of aromatic amines is 1. The van der Waals surface area contributed by atoms with E-state index in [2.05, 4.69) is 10.3 Å². The smallest absolute Gasteiger partial charge is 0.334 e. The number of ether oxygens (including phenoxy) is 1. The van der Waals surface area contributed by atoms with Crippen molar-refractivity contribution in [1.82, 2.24) is 9.55 Å². The van der Waals surface area contributed by atoms with Crippen LogP contribution in [0.15, 0.2) is 39.9 Å². The maximum atomic E-state index is 12.1. The van der Waals surface area contributed by atoms with Crippen LogP contribution in [0, 0.1) is 0 Å². The average Bonchev–Trinajstić information content (AvgIpc) is 2.46. The minimum atomic E-state index is -0.697. The molecule has 110 valence electrons. The van der Waals surface area contributed by atoms with Gasteiger partial charge < -0.3 is 10.1 Å². The Labute approximate surface area is 124 Å².